The highest BCUT2D eigenvalue weighted by Crippen LogP contribution is 2.36. The second-order valence-electron chi connectivity index (χ2n) is 9.59. The van der Waals surface area contributed by atoms with Crippen molar-refractivity contribution in [2.75, 3.05) is 4.90 Å². The van der Waals surface area contributed by atoms with E-state index >= 15 is 0 Å². The van der Waals surface area contributed by atoms with Crippen LogP contribution in [0.1, 0.15) is 0 Å². The van der Waals surface area contributed by atoms with Gasteiger partial charge in [0.05, 0.1) is 5.69 Å². The van der Waals surface area contributed by atoms with Crippen molar-refractivity contribution in [1.82, 2.24) is 14.8 Å². The number of hydrogen-bond donors (Lipinski definition) is 0. The number of hydrogen-bond acceptors (Lipinski definition) is 3. The van der Waals surface area contributed by atoms with Crippen LogP contribution < -0.4 is 4.90 Å². The Morgan fingerprint density at radius 2 is 1.02 bits per heavy atom. The molecule has 40 heavy (non-hydrogen) atoms. The van der Waals surface area contributed by atoms with Crippen LogP contribution in [0.3, 0.4) is 0 Å². The van der Waals surface area contributed by atoms with Gasteiger partial charge in [0.1, 0.15) is 0 Å². The number of fused-ring (bicyclic) bond motifs is 1. The molecule has 0 saturated heterocycles. The van der Waals surface area contributed by atoms with Crippen LogP contribution in [0, 0.1) is 0 Å². The van der Waals surface area contributed by atoms with E-state index in [1.165, 1.54) is 5.39 Å². The fraction of sp³-hybridized carbons (Fsp3) is 0. The molecule has 0 bridgehead atoms. The SMILES string of the molecule is c1ccc(-c2nc(-c3cccc4ccccc34)n(-c3ccc(N(c4ccccc4)c4ccccc4)cc3)n2)cc1. The van der Waals surface area contributed by atoms with E-state index in [1.807, 2.05) is 47.1 Å². The number of aromatic nitrogens is 3. The largest absolute Gasteiger partial charge is 0.311 e. The van der Waals surface area contributed by atoms with Gasteiger partial charge in [-0.2, -0.15) is 0 Å². The number of nitrogens with zero attached hydrogens (tertiary/aromatic N) is 4. The minimum atomic E-state index is 0.697. The Hall–Kier alpha value is -5.48. The number of para-hydroxylation sites is 2. The summed E-state index contributed by atoms with van der Waals surface area (Å²) in [7, 11) is 0. The lowest BCUT2D eigenvalue weighted by atomic mass is 10.0. The summed E-state index contributed by atoms with van der Waals surface area (Å²) in [6.07, 6.45) is 0. The second-order valence-corrected chi connectivity index (χ2v) is 9.59. The van der Waals surface area contributed by atoms with Crippen LogP contribution in [0.15, 0.2) is 158 Å². The van der Waals surface area contributed by atoms with Crippen LogP contribution in [0.25, 0.3) is 39.2 Å². The zero-order chi connectivity index (χ0) is 26.7. The Kier molecular flexibility index (Phi) is 6.11. The first kappa shape index (κ1) is 23.6. The average molecular weight is 515 g/mol. The minimum Gasteiger partial charge on any atom is -0.311 e. The maximum atomic E-state index is 5.07. The van der Waals surface area contributed by atoms with Crippen molar-refractivity contribution < 1.29 is 0 Å². The highest BCUT2D eigenvalue weighted by atomic mass is 15.4. The Balaban J connectivity index is 1.37. The molecule has 0 N–H and O–H groups in total. The third-order valence-electron chi connectivity index (χ3n) is 7.05. The van der Waals surface area contributed by atoms with Crippen LogP contribution >= 0.6 is 0 Å². The maximum Gasteiger partial charge on any atom is 0.182 e. The fourth-order valence-corrected chi connectivity index (χ4v) is 5.14. The Labute approximate surface area is 233 Å². The Morgan fingerprint density at radius 3 is 1.70 bits per heavy atom. The second kappa shape index (κ2) is 10.4. The van der Waals surface area contributed by atoms with E-state index in [9.17, 15) is 0 Å². The van der Waals surface area contributed by atoms with Gasteiger partial charge in [-0.15, -0.1) is 5.10 Å². The third kappa shape index (κ3) is 4.42. The molecule has 1 aromatic heterocycles. The lowest BCUT2D eigenvalue weighted by Crippen LogP contribution is -2.10. The zero-order valence-corrected chi connectivity index (χ0v) is 21.8. The van der Waals surface area contributed by atoms with Crippen LogP contribution in [-0.4, -0.2) is 14.8 Å². The van der Waals surface area contributed by atoms with E-state index in [2.05, 4.69) is 120 Å². The summed E-state index contributed by atoms with van der Waals surface area (Å²) in [5.41, 5.74) is 6.25. The molecule has 0 aliphatic rings. The lowest BCUT2D eigenvalue weighted by Gasteiger charge is -2.25. The molecule has 4 nitrogen and oxygen atoms in total. The summed E-state index contributed by atoms with van der Waals surface area (Å²) < 4.78 is 1.96. The van der Waals surface area contributed by atoms with Crippen LogP contribution in [0.4, 0.5) is 17.1 Å². The maximum absolute atomic E-state index is 5.07. The lowest BCUT2D eigenvalue weighted by molar-refractivity contribution is 0.891. The van der Waals surface area contributed by atoms with E-state index in [0.29, 0.717) is 5.82 Å². The van der Waals surface area contributed by atoms with Gasteiger partial charge in [-0.05, 0) is 59.3 Å². The quantitative estimate of drug-likeness (QED) is 0.222. The Bertz CT molecular complexity index is 1830. The summed E-state index contributed by atoms with van der Waals surface area (Å²) >= 11 is 0. The molecule has 0 fully saturated rings. The van der Waals surface area contributed by atoms with Crippen LogP contribution in [0.2, 0.25) is 0 Å². The van der Waals surface area contributed by atoms with Gasteiger partial charge in [0.15, 0.2) is 11.6 Å². The van der Waals surface area contributed by atoms with Gasteiger partial charge in [-0.1, -0.05) is 109 Å². The van der Waals surface area contributed by atoms with Crippen molar-refractivity contribution in [2.45, 2.75) is 0 Å². The molecule has 0 amide bonds. The number of benzene rings is 6. The van der Waals surface area contributed by atoms with Crippen molar-refractivity contribution in [3.63, 3.8) is 0 Å². The van der Waals surface area contributed by atoms with Crippen molar-refractivity contribution >= 4 is 27.8 Å². The van der Waals surface area contributed by atoms with Crippen molar-refractivity contribution in [3.05, 3.63) is 158 Å². The van der Waals surface area contributed by atoms with Crippen molar-refractivity contribution in [2.24, 2.45) is 0 Å². The van der Waals surface area contributed by atoms with Gasteiger partial charge >= 0.3 is 0 Å². The van der Waals surface area contributed by atoms with Crippen LogP contribution in [-0.2, 0) is 0 Å². The summed E-state index contributed by atoms with van der Waals surface area (Å²) in [5.74, 6) is 1.51. The minimum absolute atomic E-state index is 0.697. The van der Waals surface area contributed by atoms with Gasteiger partial charge in [-0.3, -0.25) is 0 Å². The first-order chi connectivity index (χ1) is 19.8. The van der Waals surface area contributed by atoms with Crippen molar-refractivity contribution in [1.29, 1.82) is 0 Å². The van der Waals surface area contributed by atoms with Gasteiger partial charge in [-0.25, -0.2) is 9.67 Å². The normalized spacial score (nSPS) is 11.0. The summed E-state index contributed by atoms with van der Waals surface area (Å²) in [4.78, 5) is 7.33. The van der Waals surface area contributed by atoms with Crippen LogP contribution in [0.5, 0.6) is 0 Å². The molecule has 7 aromatic rings. The van der Waals surface area contributed by atoms with Gasteiger partial charge in [0.25, 0.3) is 0 Å². The molecule has 0 aliphatic carbocycles. The first-order valence-corrected chi connectivity index (χ1v) is 13.4. The Morgan fingerprint density at radius 1 is 0.475 bits per heavy atom. The van der Waals surface area contributed by atoms with Gasteiger partial charge in [0.2, 0.25) is 0 Å². The molecular weight excluding hydrogens is 488 g/mol. The summed E-state index contributed by atoms with van der Waals surface area (Å²) in [5, 5.41) is 7.34. The molecule has 1 heterocycles. The standard InChI is InChI=1S/C36H26N4/c1-4-14-28(15-5-1)35-37-36(34-22-12-16-27-13-10-11-21-33(27)34)40(38-35)32-25-23-31(24-26-32)39(29-17-6-2-7-18-29)30-19-8-3-9-20-30/h1-26H. The highest BCUT2D eigenvalue weighted by Gasteiger charge is 2.18. The third-order valence-corrected chi connectivity index (χ3v) is 7.05. The molecule has 7 rings (SSSR count). The molecule has 0 saturated carbocycles. The fourth-order valence-electron chi connectivity index (χ4n) is 5.14. The molecular formula is C36H26N4. The van der Waals surface area contributed by atoms with Gasteiger partial charge < -0.3 is 4.90 Å². The topological polar surface area (TPSA) is 34.0 Å². The molecule has 0 atom stereocenters. The highest BCUT2D eigenvalue weighted by molar-refractivity contribution is 5.95. The molecule has 4 heteroatoms. The molecule has 0 unspecified atom stereocenters. The molecule has 0 aliphatic heterocycles. The van der Waals surface area contributed by atoms with E-state index < -0.39 is 0 Å². The predicted octanol–water partition coefficient (Wildman–Crippen LogP) is 9.22. The molecule has 0 radical (unpaired) electrons. The van der Waals surface area contributed by atoms with E-state index in [1.54, 1.807) is 0 Å². The molecule has 6 aromatic carbocycles. The van der Waals surface area contributed by atoms with Gasteiger partial charge in [0, 0.05) is 28.2 Å². The van der Waals surface area contributed by atoms with E-state index in [-0.39, 0.29) is 0 Å². The first-order valence-electron chi connectivity index (χ1n) is 13.4. The monoisotopic (exact) mass is 514 g/mol. The molecule has 0 spiro atoms. The number of rotatable bonds is 6. The van der Waals surface area contributed by atoms with E-state index in [0.717, 1.165) is 45.1 Å². The predicted molar refractivity (Wildman–Crippen MR) is 164 cm³/mol. The number of anilines is 3. The smallest absolute Gasteiger partial charge is 0.182 e. The van der Waals surface area contributed by atoms with E-state index in [4.69, 9.17) is 10.1 Å². The zero-order valence-electron chi connectivity index (χ0n) is 21.8. The summed E-state index contributed by atoms with van der Waals surface area (Å²) in [6, 6.07) is 54.3. The average Bonchev–Trinajstić information content (AvgIpc) is 3.48. The summed E-state index contributed by atoms with van der Waals surface area (Å²) in [6.45, 7) is 0. The molecule has 190 valence electrons. The van der Waals surface area contributed by atoms with Crippen molar-refractivity contribution in [3.8, 4) is 28.5 Å².